The first-order valence-corrected chi connectivity index (χ1v) is 14.4. The molecule has 0 N–H and O–H groups in total. The molecule has 2 aromatic heterocycles. The minimum Gasteiger partial charge on any atom is -0.316 e. The maximum Gasteiger partial charge on any atom is 0.0635 e. The largest absolute Gasteiger partial charge is 0.316 e. The predicted octanol–water partition coefficient (Wildman–Crippen LogP) is 10.7. The van der Waals surface area contributed by atoms with Gasteiger partial charge in [-0.05, 0) is 87.3 Å². The van der Waals surface area contributed by atoms with Crippen LogP contribution in [0.1, 0.15) is 0 Å². The highest BCUT2D eigenvalue weighted by molar-refractivity contribution is 6.18. The zero-order valence-corrected chi connectivity index (χ0v) is 22.9. The molecule has 0 spiro atoms. The van der Waals surface area contributed by atoms with E-state index < -0.39 is 0 Å². The highest BCUT2D eigenvalue weighted by atomic mass is 15.0. The van der Waals surface area contributed by atoms with E-state index in [1.807, 2.05) is 0 Å². The molecule has 0 saturated heterocycles. The zero-order valence-electron chi connectivity index (χ0n) is 22.9. The summed E-state index contributed by atoms with van der Waals surface area (Å²) >= 11 is 0. The van der Waals surface area contributed by atoms with Crippen LogP contribution < -0.4 is 0 Å². The lowest BCUT2D eigenvalue weighted by molar-refractivity contribution is 1.13. The van der Waals surface area contributed by atoms with E-state index in [2.05, 4.69) is 167 Å². The summed E-state index contributed by atoms with van der Waals surface area (Å²) in [5, 5.41) is 8.83. The highest BCUT2D eigenvalue weighted by Crippen LogP contribution is 2.38. The van der Waals surface area contributed by atoms with Crippen molar-refractivity contribution in [2.45, 2.75) is 0 Å². The maximum absolute atomic E-state index is 2.45. The number of hydrogen-bond donors (Lipinski definition) is 0. The Bertz CT molecular complexity index is 2440. The van der Waals surface area contributed by atoms with Gasteiger partial charge in [0.25, 0.3) is 0 Å². The van der Waals surface area contributed by atoms with Crippen molar-refractivity contribution in [1.82, 2.24) is 9.13 Å². The molecule has 0 bridgehead atoms. The summed E-state index contributed by atoms with van der Waals surface area (Å²) < 4.78 is 4.75. The van der Waals surface area contributed by atoms with Crippen LogP contribution in [0.5, 0.6) is 0 Å². The summed E-state index contributed by atoms with van der Waals surface area (Å²) in [6, 6.07) is 55.1. The summed E-state index contributed by atoms with van der Waals surface area (Å²) in [6.45, 7) is 0. The van der Waals surface area contributed by atoms with Gasteiger partial charge in [0.1, 0.15) is 0 Å². The molecule has 2 nitrogen and oxygen atoms in total. The SMILES string of the molecule is c1ccc(-c2ccc(-n3ccc4c3ccc3c5ccccc5n(-c5ccc6cc7ccccc7cc6c5)c34)cc2)cc1. The molecule has 0 unspecified atom stereocenters. The van der Waals surface area contributed by atoms with E-state index >= 15 is 0 Å². The minimum absolute atomic E-state index is 1.16. The standard InChI is InChI=1S/C40H26N2/c1-2-8-27(9-3-1)28-14-17-33(18-15-28)41-23-22-37-38(41)21-20-36-35-12-6-7-13-39(35)42(40(36)37)34-19-16-31-24-29-10-4-5-11-30(29)25-32(31)26-34/h1-26H. The smallest absolute Gasteiger partial charge is 0.0635 e. The van der Waals surface area contributed by atoms with Crippen LogP contribution in [0.4, 0.5) is 0 Å². The third-order valence-corrected chi connectivity index (χ3v) is 8.70. The third kappa shape index (κ3) is 3.45. The van der Waals surface area contributed by atoms with Crippen LogP contribution in [0.25, 0.3) is 76.8 Å². The van der Waals surface area contributed by atoms with Crippen molar-refractivity contribution in [1.29, 1.82) is 0 Å². The second-order valence-electron chi connectivity index (χ2n) is 11.1. The van der Waals surface area contributed by atoms with Gasteiger partial charge >= 0.3 is 0 Å². The Morgan fingerprint density at radius 1 is 0.357 bits per heavy atom. The van der Waals surface area contributed by atoms with E-state index in [0.717, 1.165) is 5.69 Å². The van der Waals surface area contributed by atoms with Gasteiger partial charge in [0.15, 0.2) is 0 Å². The first-order chi connectivity index (χ1) is 20.8. The zero-order chi connectivity index (χ0) is 27.6. The van der Waals surface area contributed by atoms with Crippen molar-refractivity contribution in [2.24, 2.45) is 0 Å². The average Bonchev–Trinajstić information content (AvgIpc) is 3.64. The number of benzene rings is 7. The van der Waals surface area contributed by atoms with Gasteiger partial charge in [-0.3, -0.25) is 0 Å². The number of nitrogens with zero attached hydrogens (tertiary/aromatic N) is 2. The van der Waals surface area contributed by atoms with Gasteiger partial charge in [0.05, 0.1) is 16.6 Å². The molecule has 42 heavy (non-hydrogen) atoms. The first-order valence-electron chi connectivity index (χ1n) is 14.4. The van der Waals surface area contributed by atoms with Crippen LogP contribution in [0.2, 0.25) is 0 Å². The lowest BCUT2D eigenvalue weighted by Gasteiger charge is -2.12. The lowest BCUT2D eigenvalue weighted by Crippen LogP contribution is -1.95. The number of para-hydroxylation sites is 1. The van der Waals surface area contributed by atoms with Crippen molar-refractivity contribution >= 4 is 54.3 Å². The molecule has 0 aliphatic rings. The molecular weight excluding hydrogens is 508 g/mol. The number of aromatic nitrogens is 2. The van der Waals surface area contributed by atoms with Crippen LogP contribution in [0.15, 0.2) is 158 Å². The van der Waals surface area contributed by atoms with E-state index in [1.54, 1.807) is 0 Å². The van der Waals surface area contributed by atoms with Crippen molar-refractivity contribution in [3.05, 3.63) is 158 Å². The van der Waals surface area contributed by atoms with Gasteiger partial charge in [0, 0.05) is 33.7 Å². The Morgan fingerprint density at radius 2 is 1.02 bits per heavy atom. The molecule has 0 aliphatic heterocycles. The highest BCUT2D eigenvalue weighted by Gasteiger charge is 2.17. The molecule has 0 aliphatic carbocycles. The van der Waals surface area contributed by atoms with Crippen LogP contribution in [0, 0.1) is 0 Å². The third-order valence-electron chi connectivity index (χ3n) is 8.70. The van der Waals surface area contributed by atoms with Crippen LogP contribution in [0.3, 0.4) is 0 Å². The summed E-state index contributed by atoms with van der Waals surface area (Å²) in [6.07, 6.45) is 2.20. The second-order valence-corrected chi connectivity index (χ2v) is 11.1. The molecule has 9 aromatic rings. The van der Waals surface area contributed by atoms with Gasteiger partial charge in [-0.25, -0.2) is 0 Å². The van der Waals surface area contributed by atoms with E-state index in [0.29, 0.717) is 0 Å². The molecule has 7 aromatic carbocycles. The monoisotopic (exact) mass is 534 g/mol. The molecule has 9 rings (SSSR count). The predicted molar refractivity (Wildman–Crippen MR) is 178 cm³/mol. The van der Waals surface area contributed by atoms with E-state index in [9.17, 15) is 0 Å². The second kappa shape index (κ2) is 8.95. The summed E-state index contributed by atoms with van der Waals surface area (Å²) in [4.78, 5) is 0. The van der Waals surface area contributed by atoms with Gasteiger partial charge < -0.3 is 9.13 Å². The molecule has 2 heteroatoms. The fourth-order valence-electron chi connectivity index (χ4n) is 6.68. The molecule has 0 amide bonds. The topological polar surface area (TPSA) is 9.86 Å². The minimum atomic E-state index is 1.16. The fourth-order valence-corrected chi connectivity index (χ4v) is 6.68. The first kappa shape index (κ1) is 23.1. The number of fused-ring (bicyclic) bond motifs is 7. The quantitative estimate of drug-likeness (QED) is 0.200. The van der Waals surface area contributed by atoms with Gasteiger partial charge in [-0.15, -0.1) is 0 Å². The van der Waals surface area contributed by atoms with Crippen LogP contribution in [-0.4, -0.2) is 9.13 Å². The van der Waals surface area contributed by atoms with Gasteiger partial charge in [0.2, 0.25) is 0 Å². The van der Waals surface area contributed by atoms with Gasteiger partial charge in [-0.2, -0.15) is 0 Å². The summed E-state index contributed by atoms with van der Waals surface area (Å²) in [7, 11) is 0. The number of hydrogen-bond acceptors (Lipinski definition) is 0. The molecule has 0 saturated carbocycles. The molecule has 196 valence electrons. The van der Waals surface area contributed by atoms with Crippen molar-refractivity contribution in [3.63, 3.8) is 0 Å². The molecule has 2 heterocycles. The fraction of sp³-hybridized carbons (Fsp3) is 0. The maximum atomic E-state index is 2.45. The Hall–Kier alpha value is -5.60. The molecule has 0 atom stereocenters. The van der Waals surface area contributed by atoms with E-state index in [-0.39, 0.29) is 0 Å². The van der Waals surface area contributed by atoms with E-state index in [4.69, 9.17) is 0 Å². The van der Waals surface area contributed by atoms with Crippen molar-refractivity contribution < 1.29 is 0 Å². The summed E-state index contributed by atoms with van der Waals surface area (Å²) in [5.74, 6) is 0. The summed E-state index contributed by atoms with van der Waals surface area (Å²) in [5.41, 5.74) is 8.46. The van der Waals surface area contributed by atoms with Crippen LogP contribution >= 0.6 is 0 Å². The molecular formula is C40H26N2. The Balaban J connectivity index is 1.26. The average molecular weight is 535 g/mol. The lowest BCUT2D eigenvalue weighted by atomic mass is 10.0. The Kier molecular flexibility index (Phi) is 4.93. The number of rotatable bonds is 3. The van der Waals surface area contributed by atoms with E-state index in [1.165, 1.54) is 71.1 Å². The Labute approximate surface area is 243 Å². The van der Waals surface area contributed by atoms with Gasteiger partial charge in [-0.1, -0.05) is 97.1 Å². The molecule has 0 fully saturated rings. The Morgan fingerprint density at radius 3 is 1.86 bits per heavy atom. The normalized spacial score (nSPS) is 11.8. The van der Waals surface area contributed by atoms with Crippen LogP contribution in [-0.2, 0) is 0 Å². The molecule has 0 radical (unpaired) electrons. The van der Waals surface area contributed by atoms with Crippen molar-refractivity contribution in [3.8, 4) is 22.5 Å². The van der Waals surface area contributed by atoms with Crippen molar-refractivity contribution in [2.75, 3.05) is 0 Å².